The van der Waals surface area contributed by atoms with Crippen molar-refractivity contribution in [3.8, 4) is 0 Å². The third-order valence-corrected chi connectivity index (χ3v) is 9.43. The molecule has 1 aliphatic heterocycles. The van der Waals surface area contributed by atoms with E-state index in [1.165, 1.54) is 0 Å². The van der Waals surface area contributed by atoms with Gasteiger partial charge in [0.15, 0.2) is 6.61 Å². The van der Waals surface area contributed by atoms with Gasteiger partial charge in [-0.1, -0.05) is 0 Å². The number of aliphatic hydroxyl groups excluding tert-OH is 1. The molecule has 1 unspecified atom stereocenters. The fraction of sp³-hybridized carbons (Fsp3) is 0.636. The largest absolute Gasteiger partial charge is 0.460 e. The average Bonchev–Trinajstić information content (AvgIpc) is 2.69. The predicted octanol–water partition coefficient (Wildman–Crippen LogP) is 4.23. The summed E-state index contributed by atoms with van der Waals surface area (Å²) in [6, 6.07) is 3.66. The zero-order valence-corrected chi connectivity index (χ0v) is 25.4. The van der Waals surface area contributed by atoms with Crippen molar-refractivity contribution in [1.29, 1.82) is 0 Å². The quantitative estimate of drug-likeness (QED) is 0.240. The summed E-state index contributed by atoms with van der Waals surface area (Å²) in [7, 11) is 2.12. The standard InChI is InChI=1S/C22H30I3NO6/c1-21(2)8-15(9-22(3,4)26(21)5)30-10-14(27)11-31-18(28)12-32-20(29)16-6-13(23)7-17(24)19(16)25/h6-7,14-15,27H,8-12H2,1-5H3. The highest BCUT2D eigenvalue weighted by Crippen LogP contribution is 2.38. The number of halogens is 3. The number of ether oxygens (including phenoxy) is 3. The van der Waals surface area contributed by atoms with E-state index in [2.05, 4.69) is 107 Å². The van der Waals surface area contributed by atoms with Crippen molar-refractivity contribution in [2.24, 2.45) is 0 Å². The van der Waals surface area contributed by atoms with Gasteiger partial charge in [0.05, 0.1) is 18.3 Å². The minimum Gasteiger partial charge on any atom is -0.460 e. The second-order valence-corrected chi connectivity index (χ2v) is 12.7. The molecule has 0 radical (unpaired) electrons. The van der Waals surface area contributed by atoms with E-state index in [1.807, 2.05) is 6.07 Å². The van der Waals surface area contributed by atoms with Crippen LogP contribution in [0.2, 0.25) is 0 Å². The first-order valence-corrected chi connectivity index (χ1v) is 13.5. The zero-order valence-electron chi connectivity index (χ0n) is 18.9. The van der Waals surface area contributed by atoms with Gasteiger partial charge in [-0.2, -0.15) is 0 Å². The highest BCUT2D eigenvalue weighted by molar-refractivity contribution is 14.1. The summed E-state index contributed by atoms with van der Waals surface area (Å²) in [5, 5.41) is 10.2. The molecule has 2 rings (SSSR count). The fourth-order valence-corrected chi connectivity index (χ4v) is 6.21. The number of nitrogens with zero attached hydrogens (tertiary/aromatic N) is 1. The molecule has 0 saturated carbocycles. The fourth-order valence-electron chi connectivity index (χ4n) is 3.83. The Morgan fingerprint density at radius 3 is 2.28 bits per heavy atom. The van der Waals surface area contributed by atoms with Crippen LogP contribution in [0, 0.1) is 10.7 Å². The highest BCUT2D eigenvalue weighted by Gasteiger charge is 2.43. The molecule has 1 aromatic rings. The highest BCUT2D eigenvalue weighted by atomic mass is 127. The van der Waals surface area contributed by atoms with Crippen LogP contribution in [0.25, 0.3) is 0 Å². The van der Waals surface area contributed by atoms with Gasteiger partial charge in [-0.15, -0.1) is 0 Å². The van der Waals surface area contributed by atoms with Crippen LogP contribution in [0.3, 0.4) is 0 Å². The summed E-state index contributed by atoms with van der Waals surface area (Å²) in [5.74, 6) is -1.30. The first-order chi connectivity index (χ1) is 14.7. The van der Waals surface area contributed by atoms with E-state index in [0.717, 1.165) is 23.6 Å². The monoisotopic (exact) mass is 785 g/mol. The van der Waals surface area contributed by atoms with Gasteiger partial charge in [-0.3, -0.25) is 4.90 Å². The maximum absolute atomic E-state index is 12.3. The molecule has 1 N–H and O–H groups in total. The Bertz CT molecular complexity index is 827. The number of benzene rings is 1. The Hall–Kier alpha value is 0.230. The maximum Gasteiger partial charge on any atom is 0.344 e. The number of aliphatic hydroxyl groups is 1. The van der Waals surface area contributed by atoms with E-state index in [0.29, 0.717) is 5.56 Å². The van der Waals surface area contributed by atoms with Gasteiger partial charge in [-0.25, -0.2) is 9.59 Å². The van der Waals surface area contributed by atoms with Crippen molar-refractivity contribution in [3.05, 3.63) is 28.4 Å². The lowest BCUT2D eigenvalue weighted by Crippen LogP contribution is -2.60. The maximum atomic E-state index is 12.3. The smallest absolute Gasteiger partial charge is 0.344 e. The lowest BCUT2D eigenvalue weighted by molar-refractivity contribution is -0.153. The van der Waals surface area contributed by atoms with Crippen molar-refractivity contribution in [2.75, 3.05) is 26.9 Å². The molecule has 32 heavy (non-hydrogen) atoms. The summed E-state index contributed by atoms with van der Waals surface area (Å²) in [4.78, 5) is 26.6. The SMILES string of the molecule is CN1C(C)(C)CC(OCC(O)COC(=O)COC(=O)c2cc(I)cc(I)c2I)CC1(C)C. The van der Waals surface area contributed by atoms with Crippen LogP contribution in [-0.4, -0.2) is 72.1 Å². The van der Waals surface area contributed by atoms with Crippen molar-refractivity contribution in [2.45, 2.75) is 63.8 Å². The third kappa shape index (κ3) is 7.89. The average molecular weight is 785 g/mol. The second kappa shape index (κ2) is 11.8. The number of carbonyl (C=O) groups is 2. The van der Waals surface area contributed by atoms with Crippen molar-refractivity contribution < 1.29 is 28.9 Å². The van der Waals surface area contributed by atoms with E-state index in [1.54, 1.807) is 6.07 Å². The summed E-state index contributed by atoms with van der Waals surface area (Å²) in [5.41, 5.74) is 0.382. The second-order valence-electron chi connectivity index (χ2n) is 9.21. The van der Waals surface area contributed by atoms with E-state index < -0.39 is 24.6 Å². The first kappa shape index (κ1) is 28.5. The molecular formula is C22H30I3NO6. The number of hydrogen-bond acceptors (Lipinski definition) is 7. The summed E-state index contributed by atoms with van der Waals surface area (Å²) in [6.45, 7) is 8.08. The van der Waals surface area contributed by atoms with Gasteiger partial charge in [0.2, 0.25) is 0 Å². The molecule has 0 aliphatic carbocycles. The number of rotatable bonds is 8. The molecule has 180 valence electrons. The van der Waals surface area contributed by atoms with Crippen molar-refractivity contribution in [1.82, 2.24) is 4.90 Å². The molecule has 1 aromatic carbocycles. The summed E-state index contributed by atoms with van der Waals surface area (Å²) in [6.07, 6.45) is 0.775. The van der Waals surface area contributed by atoms with E-state index in [4.69, 9.17) is 14.2 Å². The molecule has 1 aliphatic rings. The van der Waals surface area contributed by atoms with Crippen molar-refractivity contribution >= 4 is 79.7 Å². The molecule has 7 nitrogen and oxygen atoms in total. The van der Waals surface area contributed by atoms with Gasteiger partial charge in [0, 0.05) is 21.8 Å². The zero-order chi connectivity index (χ0) is 24.3. The molecule has 1 saturated heterocycles. The molecule has 0 aromatic heterocycles. The molecule has 1 atom stereocenters. The van der Waals surface area contributed by atoms with Crippen LogP contribution in [0.4, 0.5) is 0 Å². The summed E-state index contributed by atoms with van der Waals surface area (Å²) >= 11 is 6.34. The first-order valence-electron chi connectivity index (χ1n) is 10.2. The minimum absolute atomic E-state index is 0.0135. The van der Waals surface area contributed by atoms with Gasteiger partial charge in [0.1, 0.15) is 12.7 Å². The lowest BCUT2D eigenvalue weighted by atomic mass is 9.79. The lowest BCUT2D eigenvalue weighted by Gasteiger charge is -2.53. The van der Waals surface area contributed by atoms with Crippen LogP contribution in [0.5, 0.6) is 0 Å². The number of hydrogen-bond donors (Lipinski definition) is 1. The molecule has 0 bridgehead atoms. The Morgan fingerprint density at radius 1 is 1.09 bits per heavy atom. The molecule has 0 amide bonds. The van der Waals surface area contributed by atoms with Crippen LogP contribution >= 0.6 is 67.8 Å². The van der Waals surface area contributed by atoms with Gasteiger partial charge in [-0.05, 0) is 127 Å². The van der Waals surface area contributed by atoms with E-state index in [-0.39, 0.29) is 30.4 Å². The number of carbonyl (C=O) groups excluding carboxylic acids is 2. The van der Waals surface area contributed by atoms with Crippen LogP contribution in [-0.2, 0) is 19.0 Å². The van der Waals surface area contributed by atoms with Gasteiger partial charge >= 0.3 is 11.9 Å². The Labute approximate surface area is 230 Å². The van der Waals surface area contributed by atoms with Crippen LogP contribution in [0.15, 0.2) is 12.1 Å². The Kier molecular flexibility index (Phi) is 10.5. The molecule has 10 heteroatoms. The topological polar surface area (TPSA) is 85.3 Å². The Morgan fingerprint density at radius 2 is 1.69 bits per heavy atom. The van der Waals surface area contributed by atoms with Gasteiger partial charge < -0.3 is 19.3 Å². The summed E-state index contributed by atoms with van der Waals surface area (Å²) < 4.78 is 18.7. The van der Waals surface area contributed by atoms with Gasteiger partial charge in [0.25, 0.3) is 0 Å². The van der Waals surface area contributed by atoms with Crippen LogP contribution < -0.4 is 0 Å². The number of piperidine rings is 1. The van der Waals surface area contributed by atoms with E-state index >= 15 is 0 Å². The normalized spacial score (nSPS) is 19.4. The molecular weight excluding hydrogens is 755 g/mol. The van der Waals surface area contributed by atoms with Crippen molar-refractivity contribution in [3.63, 3.8) is 0 Å². The van der Waals surface area contributed by atoms with Crippen LogP contribution in [0.1, 0.15) is 50.9 Å². The number of likely N-dealkylation sites (tertiary alicyclic amines) is 1. The third-order valence-electron chi connectivity index (χ3n) is 5.77. The number of esters is 2. The molecule has 1 fully saturated rings. The molecule has 1 heterocycles. The predicted molar refractivity (Wildman–Crippen MR) is 147 cm³/mol. The van der Waals surface area contributed by atoms with E-state index in [9.17, 15) is 14.7 Å². The molecule has 0 spiro atoms. The Balaban J connectivity index is 1.75. The minimum atomic E-state index is -0.946.